The molecule has 1 N–H and O–H groups in total. The van der Waals surface area contributed by atoms with E-state index in [2.05, 4.69) is 41.2 Å². The molecule has 92 valence electrons. The zero-order valence-electron chi connectivity index (χ0n) is 10.1. The van der Waals surface area contributed by atoms with Crippen molar-refractivity contribution in [3.05, 3.63) is 27.7 Å². The van der Waals surface area contributed by atoms with Gasteiger partial charge in [0, 0.05) is 23.1 Å². The smallest absolute Gasteiger partial charge is 0.0621 e. The molecule has 0 atom stereocenters. The zero-order valence-corrected chi connectivity index (χ0v) is 12.4. The molecule has 0 spiro atoms. The van der Waals surface area contributed by atoms with Gasteiger partial charge in [0.25, 0.3) is 0 Å². The van der Waals surface area contributed by atoms with E-state index in [1.54, 1.807) is 0 Å². The van der Waals surface area contributed by atoms with E-state index in [1.807, 2.05) is 18.2 Å². The molecule has 1 aromatic rings. The third-order valence-corrected chi connectivity index (χ3v) is 3.84. The van der Waals surface area contributed by atoms with Crippen LogP contribution >= 0.6 is 27.5 Å². The molecular weight excluding hydrogens is 300 g/mol. The molecule has 1 rings (SSSR count). The van der Waals surface area contributed by atoms with Crippen LogP contribution in [0, 0.1) is 16.7 Å². The van der Waals surface area contributed by atoms with E-state index in [1.165, 1.54) is 0 Å². The van der Waals surface area contributed by atoms with Gasteiger partial charge in [-0.05, 0) is 46.0 Å². The summed E-state index contributed by atoms with van der Waals surface area (Å²) in [4.78, 5) is 0. The Bertz CT molecular complexity index is 424. The minimum atomic E-state index is 0.106. The third kappa shape index (κ3) is 4.97. The lowest BCUT2D eigenvalue weighted by Crippen LogP contribution is -2.22. The predicted molar refractivity (Wildman–Crippen MR) is 76.3 cm³/mol. The first-order chi connectivity index (χ1) is 7.94. The van der Waals surface area contributed by atoms with E-state index in [0.717, 1.165) is 23.1 Å². The van der Waals surface area contributed by atoms with Crippen molar-refractivity contribution in [1.29, 1.82) is 5.26 Å². The van der Waals surface area contributed by atoms with Gasteiger partial charge in [0.15, 0.2) is 0 Å². The molecule has 0 unspecified atom stereocenters. The minimum Gasteiger partial charge on any atom is -0.384 e. The van der Waals surface area contributed by atoms with Crippen LogP contribution in [0.15, 0.2) is 22.7 Å². The Hall–Kier alpha value is -0.720. The summed E-state index contributed by atoms with van der Waals surface area (Å²) in [5.41, 5.74) is 1.11. The van der Waals surface area contributed by atoms with Gasteiger partial charge >= 0.3 is 0 Å². The highest BCUT2D eigenvalue weighted by Gasteiger charge is 2.17. The van der Waals surface area contributed by atoms with Gasteiger partial charge in [0.05, 0.1) is 11.1 Å². The zero-order chi connectivity index (χ0) is 12.9. The molecule has 0 radical (unpaired) electrons. The van der Waals surface area contributed by atoms with Crippen LogP contribution in [0.2, 0.25) is 5.02 Å². The summed E-state index contributed by atoms with van der Waals surface area (Å²) in [7, 11) is 0. The molecule has 0 fully saturated rings. The molecule has 4 heteroatoms. The Balaban J connectivity index is 2.55. The first kappa shape index (κ1) is 14.3. The van der Waals surface area contributed by atoms with Gasteiger partial charge in [-0.25, -0.2) is 0 Å². The summed E-state index contributed by atoms with van der Waals surface area (Å²) >= 11 is 9.38. The van der Waals surface area contributed by atoms with Gasteiger partial charge in [-0.1, -0.05) is 25.4 Å². The second kappa shape index (κ2) is 6.28. The van der Waals surface area contributed by atoms with E-state index in [-0.39, 0.29) is 5.41 Å². The van der Waals surface area contributed by atoms with E-state index in [0.29, 0.717) is 11.4 Å². The standard InChI is InChI=1S/C13H16BrClN2/c1-13(2,6-3-7-16)9-17-10-4-5-11(14)12(15)8-10/h4-5,8,17H,3,6,9H2,1-2H3. The van der Waals surface area contributed by atoms with Crippen LogP contribution in [0.5, 0.6) is 0 Å². The number of nitrogens with zero attached hydrogens (tertiary/aromatic N) is 1. The normalized spacial score (nSPS) is 11.0. The molecule has 0 bridgehead atoms. The van der Waals surface area contributed by atoms with Gasteiger partial charge < -0.3 is 5.32 Å². The van der Waals surface area contributed by atoms with Crippen molar-refractivity contribution in [2.24, 2.45) is 5.41 Å². The highest BCUT2D eigenvalue weighted by atomic mass is 79.9. The van der Waals surface area contributed by atoms with Crippen molar-refractivity contribution in [1.82, 2.24) is 0 Å². The van der Waals surface area contributed by atoms with Crippen LogP contribution in [-0.2, 0) is 0 Å². The van der Waals surface area contributed by atoms with Crippen molar-refractivity contribution >= 4 is 33.2 Å². The van der Waals surface area contributed by atoms with Crippen molar-refractivity contribution in [3.63, 3.8) is 0 Å². The van der Waals surface area contributed by atoms with Crippen LogP contribution < -0.4 is 5.32 Å². The lowest BCUT2D eigenvalue weighted by Gasteiger charge is -2.24. The van der Waals surface area contributed by atoms with Gasteiger partial charge in [0.2, 0.25) is 0 Å². The van der Waals surface area contributed by atoms with Crippen LogP contribution in [0.4, 0.5) is 5.69 Å². The quantitative estimate of drug-likeness (QED) is 0.843. The molecule has 0 saturated heterocycles. The molecule has 17 heavy (non-hydrogen) atoms. The number of halogens is 2. The Morgan fingerprint density at radius 2 is 2.18 bits per heavy atom. The van der Waals surface area contributed by atoms with Gasteiger partial charge in [-0.2, -0.15) is 5.26 Å². The summed E-state index contributed by atoms with van der Waals surface area (Å²) in [6.45, 7) is 5.13. The maximum absolute atomic E-state index is 8.59. The van der Waals surface area contributed by atoms with Crippen molar-refractivity contribution in [3.8, 4) is 6.07 Å². The fraction of sp³-hybridized carbons (Fsp3) is 0.462. The van der Waals surface area contributed by atoms with Gasteiger partial charge in [-0.15, -0.1) is 0 Å². The Kier molecular flexibility index (Phi) is 5.30. The number of anilines is 1. The van der Waals surface area contributed by atoms with Crippen LogP contribution in [0.1, 0.15) is 26.7 Å². The lowest BCUT2D eigenvalue weighted by molar-refractivity contribution is 0.364. The monoisotopic (exact) mass is 314 g/mol. The minimum absolute atomic E-state index is 0.106. The fourth-order valence-electron chi connectivity index (χ4n) is 1.43. The molecule has 0 saturated carbocycles. The first-order valence-electron chi connectivity index (χ1n) is 5.50. The van der Waals surface area contributed by atoms with Gasteiger partial charge in [0.1, 0.15) is 0 Å². The molecule has 0 aliphatic rings. The van der Waals surface area contributed by atoms with E-state index < -0.39 is 0 Å². The maximum Gasteiger partial charge on any atom is 0.0621 e. The van der Waals surface area contributed by atoms with Crippen molar-refractivity contribution < 1.29 is 0 Å². The Morgan fingerprint density at radius 1 is 1.47 bits per heavy atom. The molecule has 0 aromatic heterocycles. The maximum atomic E-state index is 8.59. The third-order valence-electron chi connectivity index (χ3n) is 2.60. The predicted octanol–water partition coefficient (Wildman–Crippen LogP) is 4.84. The molecule has 0 heterocycles. The van der Waals surface area contributed by atoms with E-state index in [4.69, 9.17) is 16.9 Å². The second-order valence-electron chi connectivity index (χ2n) is 4.80. The second-order valence-corrected chi connectivity index (χ2v) is 6.07. The van der Waals surface area contributed by atoms with Gasteiger partial charge in [-0.3, -0.25) is 0 Å². The summed E-state index contributed by atoms with van der Waals surface area (Å²) < 4.78 is 0.897. The fourth-order valence-corrected chi connectivity index (χ4v) is 1.86. The summed E-state index contributed by atoms with van der Waals surface area (Å²) in [6.07, 6.45) is 1.48. The number of benzene rings is 1. The first-order valence-corrected chi connectivity index (χ1v) is 6.67. The lowest BCUT2D eigenvalue weighted by atomic mass is 9.88. The molecule has 0 aliphatic carbocycles. The van der Waals surface area contributed by atoms with Crippen molar-refractivity contribution in [2.45, 2.75) is 26.7 Å². The SMILES string of the molecule is CC(C)(CCC#N)CNc1ccc(Br)c(Cl)c1. The summed E-state index contributed by atoms with van der Waals surface area (Å²) in [6, 6.07) is 7.98. The largest absolute Gasteiger partial charge is 0.384 e. The molecular formula is C13H16BrClN2. The number of rotatable bonds is 5. The summed E-state index contributed by atoms with van der Waals surface area (Å²) in [5, 5.41) is 12.6. The van der Waals surface area contributed by atoms with E-state index >= 15 is 0 Å². The average molecular weight is 316 g/mol. The molecule has 0 aliphatic heterocycles. The highest BCUT2D eigenvalue weighted by molar-refractivity contribution is 9.10. The number of hydrogen-bond acceptors (Lipinski definition) is 2. The van der Waals surface area contributed by atoms with Crippen molar-refractivity contribution in [2.75, 3.05) is 11.9 Å². The Morgan fingerprint density at radius 3 is 2.76 bits per heavy atom. The summed E-state index contributed by atoms with van der Waals surface area (Å²) in [5.74, 6) is 0. The van der Waals surface area contributed by atoms with Crippen LogP contribution in [-0.4, -0.2) is 6.54 Å². The topological polar surface area (TPSA) is 35.8 Å². The molecule has 2 nitrogen and oxygen atoms in total. The molecule has 0 amide bonds. The average Bonchev–Trinajstić information content (AvgIpc) is 2.28. The number of nitriles is 1. The molecule has 1 aromatic carbocycles. The van der Waals surface area contributed by atoms with Crippen LogP contribution in [0.3, 0.4) is 0 Å². The van der Waals surface area contributed by atoms with E-state index in [9.17, 15) is 0 Å². The number of hydrogen-bond donors (Lipinski definition) is 1. The Labute approximate surface area is 116 Å². The highest BCUT2D eigenvalue weighted by Crippen LogP contribution is 2.27. The number of nitrogens with one attached hydrogen (secondary N) is 1. The van der Waals surface area contributed by atoms with Crippen LogP contribution in [0.25, 0.3) is 0 Å².